The fraction of sp³-hybridized carbons (Fsp3) is 0.864. The summed E-state index contributed by atoms with van der Waals surface area (Å²) in [6.45, 7) is 9.68. The molecule has 0 aromatic rings. The molecule has 7 atom stereocenters. The number of ketones is 1. The average molecular weight is 365 g/mol. The predicted molar refractivity (Wildman–Crippen MR) is 102 cm³/mol. The summed E-state index contributed by atoms with van der Waals surface area (Å²) in [5.74, 6) is 2.18. The average Bonchev–Trinajstić information content (AvgIpc) is 2.58. The van der Waals surface area contributed by atoms with Crippen LogP contribution in [-0.2, 0) is 19.0 Å². The van der Waals surface area contributed by atoms with Crippen LogP contribution in [0, 0.1) is 29.1 Å². The molecule has 4 heteroatoms. The van der Waals surface area contributed by atoms with Crippen LogP contribution in [0.5, 0.6) is 0 Å². The van der Waals surface area contributed by atoms with Crippen LogP contribution < -0.4 is 0 Å². The van der Waals surface area contributed by atoms with Crippen LogP contribution in [0.3, 0.4) is 0 Å². The molecule has 0 spiro atoms. The highest BCUT2D eigenvalue weighted by atomic mass is 16.5. The summed E-state index contributed by atoms with van der Waals surface area (Å²) >= 11 is 0. The van der Waals surface area contributed by atoms with E-state index in [1.807, 2.05) is 6.08 Å². The minimum absolute atomic E-state index is 0.111. The van der Waals surface area contributed by atoms with Gasteiger partial charge in [-0.1, -0.05) is 19.4 Å². The molecule has 0 bridgehead atoms. The first-order valence-corrected chi connectivity index (χ1v) is 10.2. The summed E-state index contributed by atoms with van der Waals surface area (Å²) in [7, 11) is 3.38. The van der Waals surface area contributed by atoms with Crippen LogP contribution in [0.2, 0.25) is 0 Å². The zero-order chi connectivity index (χ0) is 19.1. The smallest absolute Gasteiger partial charge is 0.174 e. The Balaban J connectivity index is 2.06. The lowest BCUT2D eigenvalue weighted by Gasteiger charge is -2.58. The van der Waals surface area contributed by atoms with Crippen molar-refractivity contribution in [2.24, 2.45) is 29.1 Å². The third-order valence-corrected chi connectivity index (χ3v) is 7.56. The highest BCUT2D eigenvalue weighted by Gasteiger charge is 2.60. The van der Waals surface area contributed by atoms with Crippen LogP contribution in [0.15, 0.2) is 11.6 Å². The standard InChI is InChI=1S/C22H36O4/c1-13(2)15-8-7-14(3)9-19(24-5)21(23)22(4)17(10-15)16-12-26-18(16)11-20(22)25-6/h9,13,15-20H,7-8,10-12H2,1-6H3. The van der Waals surface area contributed by atoms with Gasteiger partial charge in [-0.15, -0.1) is 0 Å². The third kappa shape index (κ3) is 3.29. The molecular weight excluding hydrogens is 328 g/mol. The van der Waals surface area contributed by atoms with Crippen molar-refractivity contribution in [3.63, 3.8) is 0 Å². The van der Waals surface area contributed by atoms with Crippen molar-refractivity contribution in [2.75, 3.05) is 20.8 Å². The van der Waals surface area contributed by atoms with E-state index in [2.05, 4.69) is 27.7 Å². The van der Waals surface area contributed by atoms with Gasteiger partial charge in [0, 0.05) is 26.6 Å². The van der Waals surface area contributed by atoms with Gasteiger partial charge in [0.2, 0.25) is 0 Å². The Hall–Kier alpha value is -0.710. The minimum atomic E-state index is -0.526. The molecule has 2 aliphatic carbocycles. The van der Waals surface area contributed by atoms with E-state index in [9.17, 15) is 4.79 Å². The lowest BCUT2D eigenvalue weighted by molar-refractivity contribution is -0.232. The fourth-order valence-corrected chi connectivity index (χ4v) is 5.56. The number of ether oxygens (including phenoxy) is 3. The molecule has 26 heavy (non-hydrogen) atoms. The van der Waals surface area contributed by atoms with Gasteiger partial charge in [0.15, 0.2) is 5.78 Å². The zero-order valence-corrected chi connectivity index (χ0v) is 17.3. The molecule has 7 unspecified atom stereocenters. The number of hydrogen-bond acceptors (Lipinski definition) is 4. The molecule has 148 valence electrons. The molecule has 0 amide bonds. The van der Waals surface area contributed by atoms with E-state index in [4.69, 9.17) is 14.2 Å². The van der Waals surface area contributed by atoms with E-state index in [0.29, 0.717) is 23.7 Å². The minimum Gasteiger partial charge on any atom is -0.380 e. The molecule has 0 aromatic heterocycles. The maximum absolute atomic E-state index is 13.7. The second-order valence-corrected chi connectivity index (χ2v) is 9.20. The lowest BCUT2D eigenvalue weighted by atomic mass is 9.53. The zero-order valence-electron chi connectivity index (χ0n) is 17.3. The molecule has 2 fully saturated rings. The highest BCUT2D eigenvalue weighted by Crippen LogP contribution is 2.54. The number of carbonyl (C=O) groups is 1. The summed E-state index contributed by atoms with van der Waals surface area (Å²) in [6.07, 6.45) is 5.81. The van der Waals surface area contributed by atoms with E-state index in [1.165, 1.54) is 12.0 Å². The maximum atomic E-state index is 13.7. The van der Waals surface area contributed by atoms with Gasteiger partial charge < -0.3 is 14.2 Å². The van der Waals surface area contributed by atoms with Gasteiger partial charge in [0.25, 0.3) is 0 Å². The molecule has 3 aliphatic rings. The summed E-state index contributed by atoms with van der Waals surface area (Å²) in [5.41, 5.74) is 0.731. The van der Waals surface area contributed by atoms with Crippen molar-refractivity contribution in [1.82, 2.24) is 0 Å². The first-order chi connectivity index (χ1) is 12.3. The number of carbonyl (C=O) groups excluding carboxylic acids is 1. The van der Waals surface area contributed by atoms with E-state index in [1.54, 1.807) is 14.2 Å². The largest absolute Gasteiger partial charge is 0.380 e. The highest BCUT2D eigenvalue weighted by molar-refractivity contribution is 5.91. The molecule has 1 aliphatic heterocycles. The predicted octanol–water partition coefficient (Wildman–Crippen LogP) is 4.03. The number of rotatable bonds is 3. The first-order valence-electron chi connectivity index (χ1n) is 10.2. The second-order valence-electron chi connectivity index (χ2n) is 9.20. The number of fused-ring (bicyclic) bond motifs is 3. The van der Waals surface area contributed by atoms with Gasteiger partial charge in [0.05, 0.1) is 24.2 Å². The summed E-state index contributed by atoms with van der Waals surface area (Å²) in [5, 5.41) is 0. The Kier molecular flexibility index (Phi) is 5.96. The molecule has 0 aromatic carbocycles. The van der Waals surface area contributed by atoms with Crippen LogP contribution in [0.1, 0.15) is 53.4 Å². The molecule has 0 N–H and O–H groups in total. The summed E-state index contributed by atoms with van der Waals surface area (Å²) in [6, 6.07) is 0. The quantitative estimate of drug-likeness (QED) is 0.709. The van der Waals surface area contributed by atoms with Gasteiger partial charge in [-0.05, 0) is 56.9 Å². The Morgan fingerprint density at radius 1 is 1.23 bits per heavy atom. The molecule has 1 saturated heterocycles. The van der Waals surface area contributed by atoms with Crippen molar-refractivity contribution in [2.45, 2.75) is 71.7 Å². The van der Waals surface area contributed by atoms with Crippen molar-refractivity contribution in [3.05, 3.63) is 11.6 Å². The van der Waals surface area contributed by atoms with Crippen LogP contribution in [-0.4, -0.2) is 44.9 Å². The SMILES string of the molecule is COC1C=C(C)CCC(C(C)C)CC2C3COC3CC(OC)C2(C)C1=O. The van der Waals surface area contributed by atoms with Crippen LogP contribution in [0.4, 0.5) is 0 Å². The van der Waals surface area contributed by atoms with Crippen molar-refractivity contribution in [3.8, 4) is 0 Å². The molecule has 1 heterocycles. The monoisotopic (exact) mass is 364 g/mol. The van der Waals surface area contributed by atoms with Crippen molar-refractivity contribution >= 4 is 5.78 Å². The van der Waals surface area contributed by atoms with Crippen LogP contribution >= 0.6 is 0 Å². The Morgan fingerprint density at radius 3 is 2.50 bits per heavy atom. The summed E-state index contributed by atoms with van der Waals surface area (Å²) in [4.78, 5) is 13.7. The van der Waals surface area contributed by atoms with Gasteiger partial charge in [-0.2, -0.15) is 0 Å². The number of Topliss-reactive ketones (excluding diaryl/α,β-unsaturated/α-hetero) is 1. The first kappa shape index (κ1) is 20.0. The molecule has 1 saturated carbocycles. The molecule has 4 nitrogen and oxygen atoms in total. The fourth-order valence-electron chi connectivity index (χ4n) is 5.56. The Morgan fingerprint density at radius 2 is 1.96 bits per heavy atom. The maximum Gasteiger partial charge on any atom is 0.174 e. The molecular formula is C22H36O4. The van der Waals surface area contributed by atoms with Gasteiger partial charge >= 0.3 is 0 Å². The normalized spacial score (nSPS) is 44.0. The van der Waals surface area contributed by atoms with E-state index in [-0.39, 0.29) is 18.0 Å². The van der Waals surface area contributed by atoms with Gasteiger partial charge in [-0.3, -0.25) is 4.79 Å². The van der Waals surface area contributed by atoms with Gasteiger partial charge in [-0.25, -0.2) is 0 Å². The van der Waals surface area contributed by atoms with E-state index >= 15 is 0 Å². The van der Waals surface area contributed by atoms with E-state index < -0.39 is 11.5 Å². The molecule has 3 rings (SSSR count). The third-order valence-electron chi connectivity index (χ3n) is 7.56. The van der Waals surface area contributed by atoms with Crippen molar-refractivity contribution < 1.29 is 19.0 Å². The summed E-state index contributed by atoms with van der Waals surface area (Å²) < 4.78 is 17.4. The topological polar surface area (TPSA) is 44.8 Å². The Labute approximate surface area is 158 Å². The number of allylic oxidation sites excluding steroid dienone is 1. The molecule has 0 radical (unpaired) electrons. The second kappa shape index (κ2) is 7.73. The number of methoxy groups -OCH3 is 2. The Bertz CT molecular complexity index is 554. The van der Waals surface area contributed by atoms with Crippen LogP contribution in [0.25, 0.3) is 0 Å². The lowest BCUT2D eigenvalue weighted by Crippen LogP contribution is -2.64. The van der Waals surface area contributed by atoms with E-state index in [0.717, 1.165) is 25.9 Å². The van der Waals surface area contributed by atoms with Crippen molar-refractivity contribution in [1.29, 1.82) is 0 Å². The number of hydrogen-bond donors (Lipinski definition) is 0. The van der Waals surface area contributed by atoms with Gasteiger partial charge in [0.1, 0.15) is 6.10 Å².